The number of nitrogens with zero attached hydrogens (tertiary/aromatic N) is 3. The molecule has 0 fully saturated rings. The van der Waals surface area contributed by atoms with E-state index < -0.39 is 5.91 Å². The molecule has 1 heterocycles. The Morgan fingerprint density at radius 3 is 3.00 bits per heavy atom. The van der Waals surface area contributed by atoms with Gasteiger partial charge in [-0.15, -0.1) is 0 Å². The Hall–Kier alpha value is -2.08. The molecular weight excluding hydrogens is 256 g/mol. The monoisotopic (exact) mass is 266 g/mol. The number of likely N-dealkylation sites (N-methyl/N-ethyl adjacent to an activating group) is 1. The number of hydrogen-bond acceptors (Lipinski definition) is 5. The maximum Gasteiger partial charge on any atom is 0.324 e. The number of amides is 1. The Morgan fingerprint density at radius 2 is 2.33 bits per heavy atom. The number of carbonyl (C=O) groups is 1. The zero-order valence-electron chi connectivity index (χ0n) is 9.63. The fourth-order valence-electron chi connectivity index (χ4n) is 1.42. The van der Waals surface area contributed by atoms with Gasteiger partial charge in [-0.1, -0.05) is 28.9 Å². The standard InChI is InChI=1S/C11H11ClN4O2/c1-16(6-9(13)17)11-14-10(15-18-11)7-3-2-4-8(12)5-7/h2-5H,6H2,1H3,(H2,13,17). The lowest BCUT2D eigenvalue weighted by molar-refractivity contribution is -0.116. The first-order valence-corrected chi connectivity index (χ1v) is 5.53. The van der Waals surface area contributed by atoms with Gasteiger partial charge in [0.25, 0.3) is 0 Å². The topological polar surface area (TPSA) is 85.2 Å². The van der Waals surface area contributed by atoms with Crippen LogP contribution < -0.4 is 10.6 Å². The zero-order valence-corrected chi connectivity index (χ0v) is 10.4. The molecule has 0 atom stereocenters. The second-order valence-electron chi connectivity index (χ2n) is 3.73. The predicted octanol–water partition coefficient (Wildman–Crippen LogP) is 1.31. The van der Waals surface area contributed by atoms with Crippen molar-refractivity contribution in [2.75, 3.05) is 18.5 Å². The number of nitrogens with two attached hydrogens (primary N) is 1. The summed E-state index contributed by atoms with van der Waals surface area (Å²) in [5.41, 5.74) is 5.82. The van der Waals surface area contributed by atoms with Crippen LogP contribution in [0.2, 0.25) is 5.02 Å². The van der Waals surface area contributed by atoms with Crippen LogP contribution >= 0.6 is 11.6 Å². The van der Waals surface area contributed by atoms with Gasteiger partial charge in [0, 0.05) is 17.6 Å². The summed E-state index contributed by atoms with van der Waals surface area (Å²) in [6.07, 6.45) is 0. The summed E-state index contributed by atoms with van der Waals surface area (Å²) < 4.78 is 5.04. The predicted molar refractivity (Wildman–Crippen MR) is 67.2 cm³/mol. The van der Waals surface area contributed by atoms with E-state index >= 15 is 0 Å². The fourth-order valence-corrected chi connectivity index (χ4v) is 1.61. The largest absolute Gasteiger partial charge is 0.368 e. The maximum atomic E-state index is 10.8. The first-order valence-electron chi connectivity index (χ1n) is 5.15. The van der Waals surface area contributed by atoms with Crippen molar-refractivity contribution in [3.8, 4) is 11.4 Å². The smallest absolute Gasteiger partial charge is 0.324 e. The van der Waals surface area contributed by atoms with Crippen LogP contribution in [0.1, 0.15) is 0 Å². The summed E-state index contributed by atoms with van der Waals surface area (Å²) in [4.78, 5) is 16.4. The maximum absolute atomic E-state index is 10.8. The molecule has 7 heteroatoms. The molecule has 0 saturated heterocycles. The summed E-state index contributed by atoms with van der Waals surface area (Å²) in [6.45, 7) is 0.0111. The molecule has 0 unspecified atom stereocenters. The van der Waals surface area contributed by atoms with E-state index in [9.17, 15) is 4.79 Å². The van der Waals surface area contributed by atoms with E-state index in [1.807, 2.05) is 6.07 Å². The highest BCUT2D eigenvalue weighted by atomic mass is 35.5. The van der Waals surface area contributed by atoms with Crippen molar-refractivity contribution in [1.29, 1.82) is 0 Å². The molecule has 0 saturated carbocycles. The van der Waals surface area contributed by atoms with Crippen molar-refractivity contribution < 1.29 is 9.32 Å². The summed E-state index contributed by atoms with van der Waals surface area (Å²) in [7, 11) is 1.64. The Morgan fingerprint density at radius 1 is 1.56 bits per heavy atom. The molecule has 2 aromatic rings. The second kappa shape index (κ2) is 5.05. The van der Waals surface area contributed by atoms with Crippen molar-refractivity contribution in [3.63, 3.8) is 0 Å². The minimum atomic E-state index is -0.472. The van der Waals surface area contributed by atoms with Crippen molar-refractivity contribution in [2.24, 2.45) is 5.73 Å². The third-order valence-electron chi connectivity index (χ3n) is 2.22. The molecule has 0 aliphatic carbocycles. The first-order chi connectivity index (χ1) is 8.56. The Labute approximate surface area is 108 Å². The number of carbonyl (C=O) groups excluding carboxylic acids is 1. The van der Waals surface area contributed by atoms with Crippen LogP contribution in [0.25, 0.3) is 11.4 Å². The number of benzene rings is 1. The van der Waals surface area contributed by atoms with Crippen LogP contribution in [0.4, 0.5) is 6.01 Å². The number of hydrogen-bond donors (Lipinski definition) is 1. The van der Waals surface area contributed by atoms with Crippen molar-refractivity contribution in [2.45, 2.75) is 0 Å². The molecule has 18 heavy (non-hydrogen) atoms. The minimum absolute atomic E-state index is 0.0111. The van der Waals surface area contributed by atoms with Crippen LogP contribution in [0, 0.1) is 0 Å². The van der Waals surface area contributed by atoms with Gasteiger partial charge in [-0.2, -0.15) is 4.98 Å². The molecular formula is C11H11ClN4O2. The summed E-state index contributed by atoms with van der Waals surface area (Å²) in [5.74, 6) is -0.0659. The van der Waals surface area contributed by atoms with Crippen molar-refractivity contribution in [3.05, 3.63) is 29.3 Å². The van der Waals surface area contributed by atoms with E-state index in [1.54, 1.807) is 25.2 Å². The summed E-state index contributed by atoms with van der Waals surface area (Å²) >= 11 is 5.88. The van der Waals surface area contributed by atoms with Crippen LogP contribution in [-0.2, 0) is 4.79 Å². The minimum Gasteiger partial charge on any atom is -0.368 e. The van der Waals surface area contributed by atoms with Crippen molar-refractivity contribution >= 4 is 23.5 Å². The van der Waals surface area contributed by atoms with E-state index in [4.69, 9.17) is 21.9 Å². The number of aromatic nitrogens is 2. The third-order valence-corrected chi connectivity index (χ3v) is 2.45. The lowest BCUT2D eigenvalue weighted by Gasteiger charge is -2.09. The quantitative estimate of drug-likeness (QED) is 0.902. The van der Waals surface area contributed by atoms with Gasteiger partial charge in [0.15, 0.2) is 0 Å². The molecule has 0 aliphatic rings. The van der Waals surface area contributed by atoms with Crippen LogP contribution in [0.3, 0.4) is 0 Å². The second-order valence-corrected chi connectivity index (χ2v) is 4.17. The van der Waals surface area contributed by atoms with Gasteiger partial charge >= 0.3 is 6.01 Å². The normalized spacial score (nSPS) is 10.3. The molecule has 2 rings (SSSR count). The van der Waals surface area contributed by atoms with Gasteiger partial charge in [-0.3, -0.25) is 4.79 Å². The van der Waals surface area contributed by atoms with E-state index in [-0.39, 0.29) is 12.6 Å². The van der Waals surface area contributed by atoms with Gasteiger partial charge < -0.3 is 15.2 Å². The van der Waals surface area contributed by atoms with Gasteiger partial charge in [0.2, 0.25) is 11.7 Å². The average Bonchev–Trinajstić information content (AvgIpc) is 2.77. The first kappa shape index (κ1) is 12.4. The molecule has 94 valence electrons. The Bertz CT molecular complexity index is 570. The zero-order chi connectivity index (χ0) is 13.1. The van der Waals surface area contributed by atoms with E-state index in [0.717, 1.165) is 5.56 Å². The lowest BCUT2D eigenvalue weighted by atomic mass is 10.2. The van der Waals surface area contributed by atoms with Gasteiger partial charge in [-0.25, -0.2) is 0 Å². The molecule has 6 nitrogen and oxygen atoms in total. The van der Waals surface area contributed by atoms with Crippen molar-refractivity contribution in [1.82, 2.24) is 10.1 Å². The van der Waals surface area contributed by atoms with Gasteiger partial charge in [0.1, 0.15) is 6.54 Å². The summed E-state index contributed by atoms with van der Waals surface area (Å²) in [6, 6.07) is 7.31. The number of rotatable bonds is 4. The van der Waals surface area contributed by atoms with Crippen LogP contribution in [0.5, 0.6) is 0 Å². The molecule has 0 bridgehead atoms. The Kier molecular flexibility index (Phi) is 3.47. The molecule has 0 spiro atoms. The lowest BCUT2D eigenvalue weighted by Crippen LogP contribution is -2.30. The molecule has 1 aromatic carbocycles. The van der Waals surface area contributed by atoms with Crippen LogP contribution in [-0.4, -0.2) is 29.6 Å². The average molecular weight is 267 g/mol. The number of primary amides is 1. The highest BCUT2D eigenvalue weighted by Gasteiger charge is 2.13. The highest BCUT2D eigenvalue weighted by molar-refractivity contribution is 6.30. The van der Waals surface area contributed by atoms with E-state index in [2.05, 4.69) is 10.1 Å². The summed E-state index contributed by atoms with van der Waals surface area (Å²) in [5, 5.41) is 4.40. The van der Waals surface area contributed by atoms with Gasteiger partial charge in [0.05, 0.1) is 0 Å². The molecule has 1 aromatic heterocycles. The highest BCUT2D eigenvalue weighted by Crippen LogP contribution is 2.21. The fraction of sp³-hybridized carbons (Fsp3) is 0.182. The number of anilines is 1. The van der Waals surface area contributed by atoms with E-state index in [0.29, 0.717) is 10.8 Å². The molecule has 2 N–H and O–H groups in total. The Balaban J connectivity index is 2.22. The SMILES string of the molecule is CN(CC(N)=O)c1nc(-c2cccc(Cl)c2)no1. The molecule has 1 amide bonds. The van der Waals surface area contributed by atoms with Crippen LogP contribution in [0.15, 0.2) is 28.8 Å². The molecule has 0 aliphatic heterocycles. The molecule has 0 radical (unpaired) electrons. The third kappa shape index (κ3) is 2.78. The van der Waals surface area contributed by atoms with Gasteiger partial charge in [-0.05, 0) is 12.1 Å². The number of halogens is 1. The van der Waals surface area contributed by atoms with E-state index in [1.165, 1.54) is 4.90 Å².